The van der Waals surface area contributed by atoms with E-state index in [1.54, 1.807) is 13.8 Å². The largest absolute Gasteiger partial charge is 0.478 e. The maximum atomic E-state index is 12.9. The van der Waals surface area contributed by atoms with E-state index in [1.165, 1.54) is 29.2 Å². The Hall–Kier alpha value is -3.27. The number of aliphatic hydroxyl groups is 2. The van der Waals surface area contributed by atoms with E-state index in [9.17, 15) is 14.4 Å². The predicted octanol–water partition coefficient (Wildman–Crippen LogP) is 1.84. The number of para-hydroxylation sites is 1. The number of carboxylic acids is 1. The summed E-state index contributed by atoms with van der Waals surface area (Å²) in [4.78, 5) is 41.9. The first kappa shape index (κ1) is 27.0. The molecule has 4 rings (SSSR count). The molecule has 0 spiro atoms. The van der Waals surface area contributed by atoms with E-state index in [1.807, 2.05) is 18.2 Å². The van der Waals surface area contributed by atoms with Gasteiger partial charge in [-0.2, -0.15) is 0 Å². The van der Waals surface area contributed by atoms with Gasteiger partial charge in [0, 0.05) is 45.1 Å². The van der Waals surface area contributed by atoms with Crippen LogP contribution < -0.4 is 9.80 Å². The molecule has 1 unspecified atom stereocenters. The molecule has 2 fully saturated rings. The fraction of sp³-hybridized carbons (Fsp3) is 0.400. The number of hydrogen-bond acceptors (Lipinski definition) is 7. The van der Waals surface area contributed by atoms with Gasteiger partial charge in [0.15, 0.2) is 0 Å². The molecular weight excluding hydrogens is 438 g/mol. The summed E-state index contributed by atoms with van der Waals surface area (Å²) in [5.41, 5.74) is 1.71. The van der Waals surface area contributed by atoms with Crippen molar-refractivity contribution >= 4 is 29.2 Å². The Kier molecular flexibility index (Phi) is 10.7. The van der Waals surface area contributed by atoms with Gasteiger partial charge in [0.2, 0.25) is 5.91 Å². The number of carbonyl (C=O) groups is 3. The van der Waals surface area contributed by atoms with Crippen molar-refractivity contribution in [1.29, 1.82) is 0 Å². The highest BCUT2D eigenvalue weighted by Gasteiger charge is 2.43. The number of carbonyl (C=O) groups excluding carboxylic acids is 2. The molecule has 2 heterocycles. The number of rotatable bonds is 4. The molecule has 2 aliphatic rings. The molecule has 2 amide bonds. The molecule has 0 aromatic heterocycles. The van der Waals surface area contributed by atoms with Crippen molar-refractivity contribution in [3.8, 4) is 0 Å². The van der Waals surface area contributed by atoms with Crippen LogP contribution in [0.3, 0.4) is 0 Å². The molecule has 9 heteroatoms. The molecule has 2 saturated heterocycles. The first-order valence-corrected chi connectivity index (χ1v) is 11.3. The average Bonchev–Trinajstić information content (AvgIpc) is 3.14. The summed E-state index contributed by atoms with van der Waals surface area (Å²) in [6.07, 6.45) is 0.158. The molecule has 0 radical (unpaired) electrons. The quantitative estimate of drug-likeness (QED) is 0.578. The van der Waals surface area contributed by atoms with Crippen LogP contribution in [0.25, 0.3) is 0 Å². The fourth-order valence-electron chi connectivity index (χ4n) is 3.86. The standard InChI is InChI=1S/C21H21N3O4.2C2H6O/c25-19-14-18(20(26)24(19)17-8-6-15(7-9-17)21(27)28)23-12-10-22(11-13-23)16-4-2-1-3-5-16;2*1-2-3/h1-9,18H,10-14H2,(H,27,28);2*3H,2H2,1H3. The lowest BCUT2D eigenvalue weighted by molar-refractivity contribution is -0.123. The minimum atomic E-state index is -1.04. The highest BCUT2D eigenvalue weighted by atomic mass is 16.4. The van der Waals surface area contributed by atoms with Gasteiger partial charge in [0.25, 0.3) is 5.91 Å². The van der Waals surface area contributed by atoms with Gasteiger partial charge in [-0.3, -0.25) is 14.5 Å². The van der Waals surface area contributed by atoms with E-state index in [0.29, 0.717) is 18.8 Å². The number of imide groups is 1. The first-order valence-electron chi connectivity index (χ1n) is 11.3. The molecule has 34 heavy (non-hydrogen) atoms. The minimum Gasteiger partial charge on any atom is -0.478 e. The molecule has 0 aliphatic carbocycles. The van der Waals surface area contributed by atoms with Crippen molar-refractivity contribution in [2.75, 3.05) is 49.2 Å². The highest BCUT2D eigenvalue weighted by molar-refractivity contribution is 6.22. The van der Waals surface area contributed by atoms with Crippen LogP contribution in [0, 0.1) is 0 Å². The van der Waals surface area contributed by atoms with Crippen molar-refractivity contribution in [3.63, 3.8) is 0 Å². The van der Waals surface area contributed by atoms with Crippen molar-refractivity contribution in [3.05, 3.63) is 60.2 Å². The SMILES string of the molecule is CCO.CCO.O=C(O)c1ccc(N2C(=O)CC(N3CCN(c4ccccc4)CC3)C2=O)cc1. The number of nitrogens with zero attached hydrogens (tertiary/aromatic N) is 3. The third-order valence-electron chi connectivity index (χ3n) is 5.37. The lowest BCUT2D eigenvalue weighted by Gasteiger charge is -2.38. The topological polar surface area (TPSA) is 122 Å². The first-order chi connectivity index (χ1) is 16.4. The number of hydrogen-bond donors (Lipinski definition) is 3. The third kappa shape index (κ3) is 6.86. The van der Waals surface area contributed by atoms with Crippen LogP contribution in [0.15, 0.2) is 54.6 Å². The molecule has 1 atom stereocenters. The highest BCUT2D eigenvalue weighted by Crippen LogP contribution is 2.27. The summed E-state index contributed by atoms with van der Waals surface area (Å²) in [5.74, 6) is -1.52. The van der Waals surface area contributed by atoms with Gasteiger partial charge in [0.1, 0.15) is 0 Å². The second kappa shape index (κ2) is 13.4. The fourth-order valence-corrected chi connectivity index (χ4v) is 3.86. The summed E-state index contributed by atoms with van der Waals surface area (Å²) in [6, 6.07) is 15.5. The Morgan fingerprint density at radius 3 is 1.88 bits per heavy atom. The summed E-state index contributed by atoms with van der Waals surface area (Å²) >= 11 is 0. The molecule has 0 bridgehead atoms. The smallest absolute Gasteiger partial charge is 0.335 e. The molecule has 2 aliphatic heterocycles. The number of piperazine rings is 1. The minimum absolute atomic E-state index is 0.122. The predicted molar refractivity (Wildman–Crippen MR) is 130 cm³/mol. The van der Waals surface area contributed by atoms with E-state index in [-0.39, 0.29) is 37.0 Å². The van der Waals surface area contributed by atoms with Crippen LogP contribution in [0.4, 0.5) is 11.4 Å². The third-order valence-corrected chi connectivity index (χ3v) is 5.37. The van der Waals surface area contributed by atoms with E-state index in [4.69, 9.17) is 15.3 Å². The molecule has 3 N–H and O–H groups in total. The normalized spacial score (nSPS) is 18.1. The number of amides is 2. The van der Waals surface area contributed by atoms with Crippen LogP contribution in [0.2, 0.25) is 0 Å². The molecule has 184 valence electrons. The van der Waals surface area contributed by atoms with E-state index in [0.717, 1.165) is 18.8 Å². The van der Waals surface area contributed by atoms with Gasteiger partial charge in [-0.05, 0) is 50.2 Å². The summed E-state index contributed by atoms with van der Waals surface area (Å²) in [6.45, 7) is 6.89. The Labute approximate surface area is 199 Å². The molecule has 0 saturated carbocycles. The zero-order valence-corrected chi connectivity index (χ0v) is 19.6. The van der Waals surface area contributed by atoms with Gasteiger partial charge >= 0.3 is 5.97 Å². The van der Waals surface area contributed by atoms with Gasteiger partial charge in [-0.25, -0.2) is 9.69 Å². The van der Waals surface area contributed by atoms with Gasteiger partial charge in [-0.1, -0.05) is 18.2 Å². The second-order valence-electron chi connectivity index (χ2n) is 7.63. The molecule has 9 nitrogen and oxygen atoms in total. The Balaban J connectivity index is 0.000000618. The lowest BCUT2D eigenvalue weighted by Crippen LogP contribution is -2.52. The van der Waals surface area contributed by atoms with Gasteiger partial charge < -0.3 is 20.2 Å². The second-order valence-corrected chi connectivity index (χ2v) is 7.63. The summed E-state index contributed by atoms with van der Waals surface area (Å²) < 4.78 is 0. The number of carboxylic acid groups (broad SMARTS) is 1. The maximum absolute atomic E-state index is 12.9. The van der Waals surface area contributed by atoms with Crippen molar-refractivity contribution in [2.24, 2.45) is 0 Å². The van der Waals surface area contributed by atoms with Gasteiger partial charge in [-0.15, -0.1) is 0 Å². The Morgan fingerprint density at radius 2 is 1.38 bits per heavy atom. The van der Waals surface area contributed by atoms with E-state index >= 15 is 0 Å². The number of aliphatic hydroxyl groups excluding tert-OH is 2. The van der Waals surface area contributed by atoms with Crippen LogP contribution in [0.1, 0.15) is 30.6 Å². The van der Waals surface area contributed by atoms with E-state index in [2.05, 4.69) is 21.9 Å². The number of benzene rings is 2. The van der Waals surface area contributed by atoms with Crippen molar-refractivity contribution in [2.45, 2.75) is 26.3 Å². The zero-order valence-electron chi connectivity index (χ0n) is 19.6. The average molecular weight is 472 g/mol. The molecular formula is C25H33N3O6. The summed E-state index contributed by atoms with van der Waals surface area (Å²) in [7, 11) is 0. The maximum Gasteiger partial charge on any atom is 0.335 e. The number of anilines is 2. The Bertz CT molecular complexity index is 925. The molecule has 2 aromatic rings. The summed E-state index contributed by atoms with van der Waals surface area (Å²) in [5, 5.41) is 24.1. The molecule has 2 aromatic carbocycles. The van der Waals surface area contributed by atoms with Crippen molar-refractivity contribution in [1.82, 2.24) is 4.90 Å². The zero-order chi connectivity index (χ0) is 25.1. The number of aromatic carboxylic acids is 1. The van der Waals surface area contributed by atoms with E-state index < -0.39 is 12.0 Å². The monoisotopic (exact) mass is 471 g/mol. The lowest BCUT2D eigenvalue weighted by atomic mass is 10.1. The Morgan fingerprint density at radius 1 is 0.853 bits per heavy atom. The van der Waals surface area contributed by atoms with Crippen LogP contribution in [-0.2, 0) is 9.59 Å². The van der Waals surface area contributed by atoms with Gasteiger partial charge in [0.05, 0.1) is 23.7 Å². The van der Waals surface area contributed by atoms with Crippen LogP contribution in [-0.4, -0.2) is 83.4 Å². The van der Waals surface area contributed by atoms with Crippen LogP contribution >= 0.6 is 0 Å². The van der Waals surface area contributed by atoms with Crippen LogP contribution in [0.5, 0.6) is 0 Å². The van der Waals surface area contributed by atoms with Crippen molar-refractivity contribution < 1.29 is 29.7 Å².